The number of carboxylic acids is 1. The van der Waals surface area contributed by atoms with Gasteiger partial charge < -0.3 is 16.2 Å². The van der Waals surface area contributed by atoms with E-state index in [4.69, 9.17) is 10.8 Å². The Morgan fingerprint density at radius 3 is 2.88 bits per heavy atom. The van der Waals surface area contributed by atoms with Crippen LogP contribution in [0.3, 0.4) is 0 Å². The standard InChI is InChI=1S/C11H16N2O3S/c1-2-7-3-4-17-9(7)6-13-11(16)8(12)5-10(14)15/h3-4,8H,2,5-6,12H2,1H3,(H,13,16)(H,14,15). The Balaban J connectivity index is 2.45. The molecular formula is C11H16N2O3S. The van der Waals surface area contributed by atoms with E-state index in [-0.39, 0.29) is 6.42 Å². The van der Waals surface area contributed by atoms with Crippen molar-refractivity contribution in [2.75, 3.05) is 0 Å². The van der Waals surface area contributed by atoms with Crippen molar-refractivity contribution in [2.45, 2.75) is 32.4 Å². The summed E-state index contributed by atoms with van der Waals surface area (Å²) in [4.78, 5) is 23.0. The summed E-state index contributed by atoms with van der Waals surface area (Å²) in [6, 6.07) is 1.03. The predicted octanol–water partition coefficient (Wildman–Crippen LogP) is 0.729. The molecule has 0 fully saturated rings. The molecule has 1 unspecified atom stereocenters. The Hall–Kier alpha value is -1.40. The van der Waals surface area contributed by atoms with Crippen LogP contribution in [0.2, 0.25) is 0 Å². The lowest BCUT2D eigenvalue weighted by molar-refractivity contribution is -0.139. The summed E-state index contributed by atoms with van der Waals surface area (Å²) in [5.41, 5.74) is 6.64. The number of thiophene rings is 1. The van der Waals surface area contributed by atoms with Crippen LogP contribution in [0.4, 0.5) is 0 Å². The maximum absolute atomic E-state index is 11.5. The number of amides is 1. The highest BCUT2D eigenvalue weighted by Gasteiger charge is 2.16. The van der Waals surface area contributed by atoms with Gasteiger partial charge in [-0.25, -0.2) is 0 Å². The highest BCUT2D eigenvalue weighted by Crippen LogP contribution is 2.16. The van der Waals surface area contributed by atoms with Crippen LogP contribution >= 0.6 is 11.3 Å². The third-order valence-electron chi connectivity index (χ3n) is 2.37. The second-order valence-corrected chi connectivity index (χ2v) is 4.65. The number of nitrogens with one attached hydrogen (secondary N) is 1. The van der Waals surface area contributed by atoms with Gasteiger partial charge in [0.15, 0.2) is 0 Å². The van der Waals surface area contributed by atoms with Crippen LogP contribution in [0.15, 0.2) is 11.4 Å². The number of carbonyl (C=O) groups excluding carboxylic acids is 1. The molecule has 0 aliphatic heterocycles. The molecule has 0 saturated heterocycles. The van der Waals surface area contributed by atoms with Crippen molar-refractivity contribution in [3.05, 3.63) is 21.9 Å². The maximum Gasteiger partial charge on any atom is 0.305 e. The first-order valence-electron chi connectivity index (χ1n) is 5.35. The Morgan fingerprint density at radius 2 is 2.29 bits per heavy atom. The average Bonchev–Trinajstić information content (AvgIpc) is 2.72. The molecule has 5 nitrogen and oxygen atoms in total. The van der Waals surface area contributed by atoms with Crippen LogP contribution < -0.4 is 11.1 Å². The minimum absolute atomic E-state index is 0.350. The van der Waals surface area contributed by atoms with Gasteiger partial charge in [0.25, 0.3) is 0 Å². The Labute approximate surface area is 104 Å². The van der Waals surface area contributed by atoms with Gasteiger partial charge in [-0.1, -0.05) is 6.92 Å². The maximum atomic E-state index is 11.5. The molecule has 1 amide bonds. The van der Waals surface area contributed by atoms with Crippen molar-refractivity contribution < 1.29 is 14.7 Å². The van der Waals surface area contributed by atoms with E-state index in [0.29, 0.717) is 6.54 Å². The van der Waals surface area contributed by atoms with Gasteiger partial charge in [-0.15, -0.1) is 11.3 Å². The molecule has 1 rings (SSSR count). The minimum atomic E-state index is -1.07. The molecule has 1 heterocycles. The summed E-state index contributed by atoms with van der Waals surface area (Å²) in [6.07, 6.45) is 0.562. The van der Waals surface area contributed by atoms with Crippen molar-refractivity contribution in [2.24, 2.45) is 5.73 Å². The SMILES string of the molecule is CCc1ccsc1CNC(=O)C(N)CC(=O)O. The lowest BCUT2D eigenvalue weighted by Crippen LogP contribution is -2.41. The molecule has 1 atom stereocenters. The monoisotopic (exact) mass is 256 g/mol. The number of aryl methyl sites for hydroxylation is 1. The fourth-order valence-electron chi connectivity index (χ4n) is 1.42. The first-order valence-corrected chi connectivity index (χ1v) is 6.22. The highest BCUT2D eigenvalue weighted by molar-refractivity contribution is 7.10. The van der Waals surface area contributed by atoms with Crippen LogP contribution in [0, 0.1) is 0 Å². The predicted molar refractivity (Wildman–Crippen MR) is 65.8 cm³/mol. The molecule has 0 bridgehead atoms. The molecule has 0 saturated carbocycles. The van der Waals surface area contributed by atoms with Gasteiger partial charge in [0.05, 0.1) is 19.0 Å². The summed E-state index contributed by atoms with van der Waals surface area (Å²) in [6.45, 7) is 2.45. The van der Waals surface area contributed by atoms with Gasteiger partial charge in [0, 0.05) is 4.88 Å². The van der Waals surface area contributed by atoms with E-state index in [1.807, 2.05) is 18.4 Å². The molecule has 17 heavy (non-hydrogen) atoms. The second kappa shape index (κ2) is 6.36. The van der Waals surface area contributed by atoms with Crippen molar-refractivity contribution in [3.63, 3.8) is 0 Å². The van der Waals surface area contributed by atoms with E-state index >= 15 is 0 Å². The number of hydrogen-bond acceptors (Lipinski definition) is 4. The van der Waals surface area contributed by atoms with Gasteiger partial charge in [-0.3, -0.25) is 9.59 Å². The number of rotatable bonds is 6. The van der Waals surface area contributed by atoms with E-state index in [2.05, 4.69) is 5.32 Å². The molecule has 0 aromatic carbocycles. The molecular weight excluding hydrogens is 240 g/mol. The first-order chi connectivity index (χ1) is 8.04. The fourth-order valence-corrected chi connectivity index (χ4v) is 2.33. The molecule has 1 aromatic heterocycles. The van der Waals surface area contributed by atoms with Crippen LogP contribution in [-0.4, -0.2) is 23.0 Å². The highest BCUT2D eigenvalue weighted by atomic mass is 32.1. The van der Waals surface area contributed by atoms with Crippen molar-refractivity contribution >= 4 is 23.2 Å². The molecule has 0 radical (unpaired) electrons. The third-order valence-corrected chi connectivity index (χ3v) is 3.34. The normalized spacial score (nSPS) is 12.1. The Kier molecular flexibility index (Phi) is 5.11. The van der Waals surface area contributed by atoms with Gasteiger partial charge >= 0.3 is 5.97 Å². The molecule has 0 aliphatic carbocycles. The number of nitrogens with two attached hydrogens (primary N) is 1. The summed E-state index contributed by atoms with van der Waals surface area (Å²) in [7, 11) is 0. The van der Waals surface area contributed by atoms with Gasteiger partial charge in [-0.05, 0) is 23.4 Å². The summed E-state index contributed by atoms with van der Waals surface area (Å²) in [5.74, 6) is -1.50. The van der Waals surface area contributed by atoms with Gasteiger partial charge in [0.1, 0.15) is 0 Å². The molecule has 94 valence electrons. The lowest BCUT2D eigenvalue weighted by Gasteiger charge is -2.10. The van der Waals surface area contributed by atoms with Gasteiger partial charge in [-0.2, -0.15) is 0 Å². The smallest absolute Gasteiger partial charge is 0.305 e. The lowest BCUT2D eigenvalue weighted by atomic mass is 10.2. The zero-order valence-corrected chi connectivity index (χ0v) is 10.4. The molecule has 4 N–H and O–H groups in total. The number of hydrogen-bond donors (Lipinski definition) is 3. The largest absolute Gasteiger partial charge is 0.481 e. The number of aliphatic carboxylic acids is 1. The average molecular weight is 256 g/mol. The zero-order valence-electron chi connectivity index (χ0n) is 9.60. The van der Waals surface area contributed by atoms with Crippen molar-refractivity contribution in [1.82, 2.24) is 5.32 Å². The summed E-state index contributed by atoms with van der Waals surface area (Å²) < 4.78 is 0. The zero-order chi connectivity index (χ0) is 12.8. The topological polar surface area (TPSA) is 92.4 Å². The third kappa shape index (κ3) is 4.16. The second-order valence-electron chi connectivity index (χ2n) is 3.64. The first kappa shape index (κ1) is 13.7. The van der Waals surface area contributed by atoms with Crippen molar-refractivity contribution in [1.29, 1.82) is 0 Å². The van der Waals surface area contributed by atoms with E-state index in [9.17, 15) is 9.59 Å². The minimum Gasteiger partial charge on any atom is -0.481 e. The molecule has 6 heteroatoms. The van der Waals surface area contributed by atoms with Crippen LogP contribution in [-0.2, 0) is 22.6 Å². The quantitative estimate of drug-likeness (QED) is 0.699. The molecule has 1 aromatic rings. The fraction of sp³-hybridized carbons (Fsp3) is 0.455. The van der Waals surface area contributed by atoms with Crippen LogP contribution in [0.1, 0.15) is 23.8 Å². The van der Waals surface area contributed by atoms with Crippen LogP contribution in [0.25, 0.3) is 0 Å². The number of carbonyl (C=O) groups is 2. The van der Waals surface area contributed by atoms with E-state index in [0.717, 1.165) is 11.3 Å². The Morgan fingerprint density at radius 1 is 1.59 bits per heavy atom. The number of carboxylic acid groups (broad SMARTS) is 1. The van der Waals surface area contributed by atoms with E-state index in [1.54, 1.807) is 11.3 Å². The Bertz CT molecular complexity index is 403. The van der Waals surface area contributed by atoms with Crippen LogP contribution in [0.5, 0.6) is 0 Å². The van der Waals surface area contributed by atoms with Gasteiger partial charge in [0.2, 0.25) is 5.91 Å². The molecule has 0 spiro atoms. The summed E-state index contributed by atoms with van der Waals surface area (Å²) in [5, 5.41) is 13.1. The van der Waals surface area contributed by atoms with E-state index < -0.39 is 17.9 Å². The molecule has 0 aliphatic rings. The van der Waals surface area contributed by atoms with Crippen molar-refractivity contribution in [3.8, 4) is 0 Å². The summed E-state index contributed by atoms with van der Waals surface area (Å²) >= 11 is 1.57. The van der Waals surface area contributed by atoms with E-state index in [1.165, 1.54) is 5.56 Å².